The molecule has 0 bridgehead atoms. The lowest BCUT2D eigenvalue weighted by Gasteiger charge is -2.27. The van der Waals surface area contributed by atoms with Crippen LogP contribution in [-0.2, 0) is 13.1 Å². The summed E-state index contributed by atoms with van der Waals surface area (Å²) in [5.41, 5.74) is 3.62. The first-order chi connectivity index (χ1) is 10.6. The molecule has 0 saturated heterocycles. The van der Waals surface area contributed by atoms with Gasteiger partial charge in [0.05, 0.1) is 23.3 Å². The van der Waals surface area contributed by atoms with Crippen molar-refractivity contribution >= 4 is 0 Å². The van der Waals surface area contributed by atoms with Gasteiger partial charge >= 0.3 is 0 Å². The van der Waals surface area contributed by atoms with Crippen molar-refractivity contribution in [3.8, 4) is 12.1 Å². The molecule has 3 heteroatoms. The summed E-state index contributed by atoms with van der Waals surface area (Å²) in [6.07, 6.45) is 0. The molecular formula is C19H19N3. The molecule has 0 unspecified atom stereocenters. The molecule has 0 aliphatic rings. The van der Waals surface area contributed by atoms with Crippen LogP contribution in [0, 0.1) is 22.7 Å². The van der Waals surface area contributed by atoms with Crippen LogP contribution in [0.15, 0.2) is 48.5 Å². The second kappa shape index (κ2) is 7.41. The Labute approximate surface area is 132 Å². The topological polar surface area (TPSA) is 50.8 Å². The zero-order valence-electron chi connectivity index (χ0n) is 13.0. The Morgan fingerprint density at radius 1 is 0.909 bits per heavy atom. The molecule has 3 nitrogen and oxygen atoms in total. The maximum atomic E-state index is 9.22. The van der Waals surface area contributed by atoms with Crippen LogP contribution >= 0.6 is 0 Å². The van der Waals surface area contributed by atoms with Crippen LogP contribution in [0.1, 0.15) is 36.1 Å². The third-order valence-electron chi connectivity index (χ3n) is 3.71. The molecule has 0 atom stereocenters. The van der Waals surface area contributed by atoms with Crippen molar-refractivity contribution in [1.82, 2.24) is 4.90 Å². The molecule has 0 radical (unpaired) electrons. The fourth-order valence-corrected chi connectivity index (χ4v) is 2.33. The lowest BCUT2D eigenvalue weighted by Crippen LogP contribution is -2.30. The summed E-state index contributed by atoms with van der Waals surface area (Å²) in [4.78, 5) is 2.32. The summed E-state index contributed by atoms with van der Waals surface area (Å²) < 4.78 is 0. The molecule has 0 amide bonds. The number of hydrogen-bond acceptors (Lipinski definition) is 3. The van der Waals surface area contributed by atoms with Crippen LogP contribution < -0.4 is 0 Å². The zero-order chi connectivity index (χ0) is 15.9. The molecule has 0 fully saturated rings. The molecule has 0 spiro atoms. The summed E-state index contributed by atoms with van der Waals surface area (Å²) in [6, 6.07) is 20.1. The van der Waals surface area contributed by atoms with Crippen molar-refractivity contribution in [2.24, 2.45) is 0 Å². The Morgan fingerprint density at radius 2 is 1.59 bits per heavy atom. The fourth-order valence-electron chi connectivity index (χ4n) is 2.33. The molecule has 2 rings (SSSR count). The van der Waals surface area contributed by atoms with Gasteiger partial charge in [-0.2, -0.15) is 10.5 Å². The van der Waals surface area contributed by atoms with E-state index < -0.39 is 0 Å². The van der Waals surface area contributed by atoms with Gasteiger partial charge < -0.3 is 0 Å². The predicted molar refractivity (Wildman–Crippen MR) is 86.7 cm³/mol. The number of rotatable bonds is 5. The van der Waals surface area contributed by atoms with Gasteiger partial charge in [-0.05, 0) is 43.2 Å². The number of benzene rings is 2. The number of hydrogen-bond donors (Lipinski definition) is 0. The van der Waals surface area contributed by atoms with Gasteiger partial charge in [0.2, 0.25) is 0 Å². The van der Waals surface area contributed by atoms with E-state index in [0.29, 0.717) is 11.6 Å². The molecule has 0 saturated carbocycles. The molecule has 2 aromatic rings. The maximum Gasteiger partial charge on any atom is 0.0995 e. The lowest BCUT2D eigenvalue weighted by molar-refractivity contribution is 0.203. The van der Waals surface area contributed by atoms with E-state index in [0.717, 1.165) is 24.2 Å². The van der Waals surface area contributed by atoms with Crippen molar-refractivity contribution in [2.75, 3.05) is 0 Å². The first-order valence-corrected chi connectivity index (χ1v) is 7.35. The van der Waals surface area contributed by atoms with E-state index >= 15 is 0 Å². The summed E-state index contributed by atoms with van der Waals surface area (Å²) in [5, 5.41) is 18.1. The van der Waals surface area contributed by atoms with Gasteiger partial charge in [-0.1, -0.05) is 30.3 Å². The number of nitriles is 2. The van der Waals surface area contributed by atoms with Gasteiger partial charge in [0.25, 0.3) is 0 Å². The van der Waals surface area contributed by atoms with E-state index in [1.54, 1.807) is 0 Å². The molecule has 2 aromatic carbocycles. The van der Waals surface area contributed by atoms with Crippen LogP contribution in [0.4, 0.5) is 0 Å². The Bertz CT molecular complexity index is 703. The highest BCUT2D eigenvalue weighted by molar-refractivity contribution is 5.37. The van der Waals surface area contributed by atoms with Crippen LogP contribution in [0.3, 0.4) is 0 Å². The minimum Gasteiger partial charge on any atom is -0.292 e. The molecule has 0 aromatic heterocycles. The van der Waals surface area contributed by atoms with Gasteiger partial charge in [0, 0.05) is 19.1 Å². The Morgan fingerprint density at radius 3 is 2.18 bits per heavy atom. The van der Waals surface area contributed by atoms with Crippen LogP contribution in [0.5, 0.6) is 0 Å². The summed E-state index contributed by atoms with van der Waals surface area (Å²) in [6.45, 7) is 5.84. The van der Waals surface area contributed by atoms with Crippen LogP contribution in [-0.4, -0.2) is 10.9 Å². The molecule has 110 valence electrons. The average Bonchev–Trinajstić information content (AvgIpc) is 2.55. The maximum absolute atomic E-state index is 9.22. The largest absolute Gasteiger partial charge is 0.292 e. The van der Waals surface area contributed by atoms with Gasteiger partial charge in [0.15, 0.2) is 0 Å². The van der Waals surface area contributed by atoms with Crippen molar-refractivity contribution in [3.63, 3.8) is 0 Å². The number of nitrogens with zero attached hydrogens (tertiary/aromatic N) is 3. The highest BCUT2D eigenvalue weighted by Crippen LogP contribution is 2.16. The predicted octanol–water partition coefficient (Wildman–Crippen LogP) is 3.84. The zero-order valence-corrected chi connectivity index (χ0v) is 13.0. The van der Waals surface area contributed by atoms with E-state index in [9.17, 15) is 5.26 Å². The monoisotopic (exact) mass is 289 g/mol. The highest BCUT2D eigenvalue weighted by atomic mass is 15.1. The minimum atomic E-state index is 0.363. The Balaban J connectivity index is 2.16. The van der Waals surface area contributed by atoms with Gasteiger partial charge in [-0.3, -0.25) is 4.90 Å². The highest BCUT2D eigenvalue weighted by Gasteiger charge is 2.13. The van der Waals surface area contributed by atoms with E-state index in [2.05, 4.69) is 30.9 Å². The molecule has 22 heavy (non-hydrogen) atoms. The summed E-state index contributed by atoms with van der Waals surface area (Å²) in [7, 11) is 0. The molecular weight excluding hydrogens is 270 g/mol. The molecule has 0 aliphatic carbocycles. The van der Waals surface area contributed by atoms with E-state index in [1.807, 2.05) is 48.5 Å². The van der Waals surface area contributed by atoms with Gasteiger partial charge in [-0.25, -0.2) is 0 Å². The van der Waals surface area contributed by atoms with Crippen molar-refractivity contribution in [2.45, 2.75) is 33.0 Å². The van der Waals surface area contributed by atoms with Gasteiger partial charge in [0.1, 0.15) is 0 Å². The van der Waals surface area contributed by atoms with Crippen molar-refractivity contribution in [1.29, 1.82) is 10.5 Å². The molecule has 0 N–H and O–H groups in total. The molecule has 0 heterocycles. The lowest BCUT2D eigenvalue weighted by atomic mass is 10.1. The third-order valence-corrected chi connectivity index (χ3v) is 3.71. The first-order valence-electron chi connectivity index (χ1n) is 7.35. The second-order valence-electron chi connectivity index (χ2n) is 5.58. The van der Waals surface area contributed by atoms with Crippen LogP contribution in [0.25, 0.3) is 0 Å². The van der Waals surface area contributed by atoms with E-state index in [-0.39, 0.29) is 0 Å². The quantitative estimate of drug-likeness (QED) is 0.840. The third kappa shape index (κ3) is 3.95. The Hall–Kier alpha value is -2.62. The first kappa shape index (κ1) is 15.8. The summed E-state index contributed by atoms with van der Waals surface area (Å²) in [5.74, 6) is 0. The second-order valence-corrected chi connectivity index (χ2v) is 5.58. The average molecular weight is 289 g/mol. The van der Waals surface area contributed by atoms with E-state index in [4.69, 9.17) is 5.26 Å². The Kier molecular flexibility index (Phi) is 5.31. The van der Waals surface area contributed by atoms with Crippen LogP contribution in [0.2, 0.25) is 0 Å². The minimum absolute atomic E-state index is 0.363. The smallest absolute Gasteiger partial charge is 0.0995 e. The van der Waals surface area contributed by atoms with Crippen molar-refractivity contribution < 1.29 is 0 Å². The standard InChI is InChI=1S/C19H19N3/c1-15(2)22(13-17-9-7-16(11-20)8-10-17)14-19-6-4-3-5-18(19)12-21/h3-10,15H,13-14H2,1-2H3. The molecule has 0 aliphatic heterocycles. The van der Waals surface area contributed by atoms with Gasteiger partial charge in [-0.15, -0.1) is 0 Å². The SMILES string of the molecule is CC(C)N(Cc1ccc(C#N)cc1)Cc1ccccc1C#N. The van der Waals surface area contributed by atoms with Crippen molar-refractivity contribution in [3.05, 3.63) is 70.8 Å². The normalized spacial score (nSPS) is 10.5. The van der Waals surface area contributed by atoms with E-state index in [1.165, 1.54) is 5.56 Å². The summed E-state index contributed by atoms with van der Waals surface area (Å²) >= 11 is 0. The fraction of sp³-hybridized carbons (Fsp3) is 0.263.